The molecule has 0 saturated carbocycles. The largest absolute Gasteiger partial charge is 0.495 e. The quantitative estimate of drug-likeness (QED) is 0.341. The van der Waals surface area contributed by atoms with Crippen LogP contribution in [0.15, 0.2) is 23.9 Å². The summed E-state index contributed by atoms with van der Waals surface area (Å²) in [6.45, 7) is 0. The molecule has 0 spiro atoms. The van der Waals surface area contributed by atoms with Gasteiger partial charge in [0.1, 0.15) is 11.3 Å². The van der Waals surface area contributed by atoms with Gasteiger partial charge in [0.2, 0.25) is 0 Å². The first-order valence-corrected chi connectivity index (χ1v) is 5.00. The first-order valence-electron chi connectivity index (χ1n) is 5.00. The van der Waals surface area contributed by atoms with Crippen molar-refractivity contribution in [2.24, 2.45) is 0 Å². The van der Waals surface area contributed by atoms with Gasteiger partial charge < -0.3 is 14.2 Å². The van der Waals surface area contributed by atoms with Gasteiger partial charge in [0, 0.05) is 0 Å². The summed E-state index contributed by atoms with van der Waals surface area (Å²) < 4.78 is 13.9. The summed E-state index contributed by atoms with van der Waals surface area (Å²) in [7, 11) is 3.88. The summed E-state index contributed by atoms with van der Waals surface area (Å²) in [6.07, 6.45) is 2.76. The number of methoxy groups -OCH3 is 3. The van der Waals surface area contributed by atoms with Gasteiger partial charge in [-0.15, -0.1) is 0 Å². The third-order valence-corrected chi connectivity index (χ3v) is 2.10. The molecule has 0 radical (unpaired) electrons. The van der Waals surface area contributed by atoms with Crippen LogP contribution < -0.4 is 4.74 Å². The van der Waals surface area contributed by atoms with E-state index >= 15 is 0 Å². The van der Waals surface area contributed by atoms with Crippen LogP contribution in [0.3, 0.4) is 0 Å². The fraction of sp³-hybridized carbons (Fsp3) is 0.250. The maximum Gasteiger partial charge on any atom is 0.345 e. The highest BCUT2D eigenvalue weighted by molar-refractivity contribution is 6.17. The van der Waals surface area contributed by atoms with E-state index < -0.39 is 11.9 Å². The number of esters is 2. The van der Waals surface area contributed by atoms with Gasteiger partial charge in [0.15, 0.2) is 0 Å². The molecule has 1 rings (SSSR count). The second-order valence-corrected chi connectivity index (χ2v) is 3.16. The van der Waals surface area contributed by atoms with E-state index in [-0.39, 0.29) is 5.57 Å². The van der Waals surface area contributed by atoms with Crippen molar-refractivity contribution in [2.75, 3.05) is 21.3 Å². The van der Waals surface area contributed by atoms with Crippen LogP contribution >= 0.6 is 0 Å². The van der Waals surface area contributed by atoms with E-state index in [2.05, 4.69) is 14.5 Å². The van der Waals surface area contributed by atoms with Crippen molar-refractivity contribution in [3.63, 3.8) is 0 Å². The topological polar surface area (TPSA) is 74.7 Å². The Labute approximate surface area is 104 Å². The molecule has 0 aromatic carbocycles. The molecule has 0 aliphatic carbocycles. The fourth-order valence-corrected chi connectivity index (χ4v) is 1.17. The van der Waals surface area contributed by atoms with Gasteiger partial charge in [-0.2, -0.15) is 0 Å². The maximum absolute atomic E-state index is 11.4. The van der Waals surface area contributed by atoms with Crippen molar-refractivity contribution in [3.8, 4) is 5.75 Å². The molecule has 0 amide bonds. The first kappa shape index (κ1) is 13.7. The Kier molecular flexibility index (Phi) is 4.86. The molecule has 1 aromatic heterocycles. The zero-order valence-electron chi connectivity index (χ0n) is 10.3. The third-order valence-electron chi connectivity index (χ3n) is 2.10. The molecule has 0 N–H and O–H groups in total. The van der Waals surface area contributed by atoms with Crippen molar-refractivity contribution < 1.29 is 23.8 Å². The number of carbonyl (C=O) groups excluding carboxylic acids is 2. The minimum atomic E-state index is -0.778. The molecule has 6 heteroatoms. The molecule has 18 heavy (non-hydrogen) atoms. The highest BCUT2D eigenvalue weighted by Crippen LogP contribution is 2.12. The zero-order chi connectivity index (χ0) is 13.5. The van der Waals surface area contributed by atoms with Crippen LogP contribution in [0.5, 0.6) is 5.75 Å². The van der Waals surface area contributed by atoms with E-state index in [1.165, 1.54) is 33.6 Å². The maximum atomic E-state index is 11.4. The number of nitrogens with zero attached hydrogens (tertiary/aromatic N) is 1. The smallest absolute Gasteiger partial charge is 0.345 e. The number of carbonyl (C=O) groups is 2. The molecule has 0 unspecified atom stereocenters. The van der Waals surface area contributed by atoms with Crippen LogP contribution in [0.4, 0.5) is 0 Å². The Hall–Kier alpha value is -2.37. The molecule has 1 heterocycles. The molecular formula is C12H13NO5. The van der Waals surface area contributed by atoms with Gasteiger partial charge in [-0.05, 0) is 18.2 Å². The summed E-state index contributed by atoms with van der Waals surface area (Å²) in [6, 6.07) is 3.26. The second kappa shape index (κ2) is 6.39. The number of aromatic nitrogens is 1. The summed E-state index contributed by atoms with van der Waals surface area (Å²) >= 11 is 0. The molecule has 0 saturated heterocycles. The highest BCUT2D eigenvalue weighted by atomic mass is 16.5. The minimum Gasteiger partial charge on any atom is -0.495 e. The van der Waals surface area contributed by atoms with Crippen molar-refractivity contribution in [3.05, 3.63) is 29.6 Å². The Balaban J connectivity index is 3.06. The predicted octanol–water partition coefficient (Wildman–Crippen LogP) is 0.820. The molecule has 0 atom stereocenters. The van der Waals surface area contributed by atoms with Crippen LogP contribution in [0, 0.1) is 0 Å². The van der Waals surface area contributed by atoms with Gasteiger partial charge in [-0.25, -0.2) is 9.59 Å². The SMILES string of the molecule is COC(=O)C(=Cc1ccc(OC)cn1)C(=O)OC. The van der Waals surface area contributed by atoms with Crippen LogP contribution in [-0.4, -0.2) is 38.3 Å². The van der Waals surface area contributed by atoms with Gasteiger partial charge >= 0.3 is 11.9 Å². The summed E-state index contributed by atoms with van der Waals surface area (Å²) in [5.74, 6) is -0.983. The van der Waals surface area contributed by atoms with Gasteiger partial charge in [0.05, 0.1) is 33.2 Å². The number of hydrogen-bond donors (Lipinski definition) is 0. The van der Waals surface area contributed by atoms with Crippen LogP contribution in [0.25, 0.3) is 6.08 Å². The van der Waals surface area contributed by atoms with Crippen molar-refractivity contribution in [2.45, 2.75) is 0 Å². The lowest BCUT2D eigenvalue weighted by Gasteiger charge is -2.03. The van der Waals surface area contributed by atoms with Crippen molar-refractivity contribution >= 4 is 18.0 Å². The zero-order valence-corrected chi connectivity index (χ0v) is 10.3. The second-order valence-electron chi connectivity index (χ2n) is 3.16. The van der Waals surface area contributed by atoms with E-state index in [0.29, 0.717) is 11.4 Å². The fourth-order valence-electron chi connectivity index (χ4n) is 1.17. The molecule has 0 fully saturated rings. The van der Waals surface area contributed by atoms with Gasteiger partial charge in [0.25, 0.3) is 0 Å². The Morgan fingerprint density at radius 1 is 1.11 bits per heavy atom. The van der Waals surface area contributed by atoms with E-state index in [1.807, 2.05) is 0 Å². The van der Waals surface area contributed by atoms with Crippen molar-refractivity contribution in [1.82, 2.24) is 4.98 Å². The van der Waals surface area contributed by atoms with Crippen LogP contribution in [0.2, 0.25) is 0 Å². The number of pyridine rings is 1. The lowest BCUT2D eigenvalue weighted by atomic mass is 10.2. The van der Waals surface area contributed by atoms with E-state index in [1.54, 1.807) is 12.1 Å². The van der Waals surface area contributed by atoms with Crippen molar-refractivity contribution in [1.29, 1.82) is 0 Å². The average Bonchev–Trinajstić information content (AvgIpc) is 2.43. The number of ether oxygens (including phenoxy) is 3. The third kappa shape index (κ3) is 3.31. The van der Waals surface area contributed by atoms with E-state index in [0.717, 1.165) is 0 Å². The minimum absolute atomic E-state index is 0.224. The van der Waals surface area contributed by atoms with Gasteiger partial charge in [-0.1, -0.05) is 0 Å². The van der Waals surface area contributed by atoms with Crippen LogP contribution in [-0.2, 0) is 19.1 Å². The van der Waals surface area contributed by atoms with E-state index in [4.69, 9.17) is 4.74 Å². The molecule has 96 valence electrons. The molecule has 6 nitrogen and oxygen atoms in total. The standard InChI is InChI=1S/C12H13NO5/c1-16-9-5-4-8(13-7-9)6-10(11(14)17-2)12(15)18-3/h4-7H,1-3H3. The average molecular weight is 251 g/mol. The summed E-state index contributed by atoms with van der Waals surface area (Å²) in [4.78, 5) is 26.8. The molecule has 1 aromatic rings. The Morgan fingerprint density at radius 3 is 2.11 bits per heavy atom. The summed E-state index contributed by atoms with van der Waals surface area (Å²) in [5, 5.41) is 0. The Bertz CT molecular complexity index is 446. The normalized spacial score (nSPS) is 9.28. The number of hydrogen-bond acceptors (Lipinski definition) is 6. The van der Waals surface area contributed by atoms with Crippen LogP contribution in [0.1, 0.15) is 5.69 Å². The summed E-state index contributed by atoms with van der Waals surface area (Å²) in [5.41, 5.74) is 0.194. The number of rotatable bonds is 4. The highest BCUT2D eigenvalue weighted by Gasteiger charge is 2.19. The molecular weight excluding hydrogens is 238 g/mol. The lowest BCUT2D eigenvalue weighted by Crippen LogP contribution is -2.15. The molecule has 0 bridgehead atoms. The predicted molar refractivity (Wildman–Crippen MR) is 62.8 cm³/mol. The lowest BCUT2D eigenvalue weighted by molar-refractivity contribution is -0.143. The Morgan fingerprint density at radius 2 is 1.72 bits per heavy atom. The molecule has 0 aliphatic rings. The van der Waals surface area contributed by atoms with E-state index in [9.17, 15) is 9.59 Å². The first-order chi connectivity index (χ1) is 8.62. The van der Waals surface area contributed by atoms with Gasteiger partial charge in [-0.3, -0.25) is 4.98 Å². The monoisotopic (exact) mass is 251 g/mol. The molecule has 0 aliphatic heterocycles.